The number of fused-ring (bicyclic) bond motifs is 3. The van der Waals surface area contributed by atoms with Crippen LogP contribution >= 0.6 is 15.9 Å². The lowest BCUT2D eigenvalue weighted by Gasteiger charge is -2.37. The zero-order valence-electron chi connectivity index (χ0n) is 16.7. The number of ether oxygens (including phenoxy) is 1. The molecule has 1 aliphatic heterocycles. The largest absolute Gasteiger partial charge is 0.494 e. The van der Waals surface area contributed by atoms with Crippen molar-refractivity contribution in [1.29, 1.82) is 0 Å². The van der Waals surface area contributed by atoms with Gasteiger partial charge in [-0.1, -0.05) is 72.8 Å². The van der Waals surface area contributed by atoms with Crippen molar-refractivity contribution >= 4 is 21.6 Å². The van der Waals surface area contributed by atoms with Crippen molar-refractivity contribution in [1.82, 2.24) is 0 Å². The van der Waals surface area contributed by atoms with E-state index in [-0.39, 0.29) is 0 Å². The number of unbranched alkanes of at least 4 members (excludes halogenated alkanes) is 4. The van der Waals surface area contributed by atoms with Gasteiger partial charge in [0.1, 0.15) is 5.75 Å². The number of benzene rings is 2. The Hall–Kier alpha value is -1.74. The average Bonchev–Trinajstić information content (AvgIpc) is 3.21. The zero-order valence-corrected chi connectivity index (χ0v) is 18.3. The summed E-state index contributed by atoms with van der Waals surface area (Å²) >= 11 is 3.55. The van der Waals surface area contributed by atoms with Crippen molar-refractivity contribution in [2.45, 2.75) is 57.4 Å². The van der Waals surface area contributed by atoms with E-state index in [9.17, 15) is 0 Å². The van der Waals surface area contributed by atoms with E-state index in [0.29, 0.717) is 17.9 Å². The van der Waals surface area contributed by atoms with Gasteiger partial charge in [0, 0.05) is 16.1 Å². The standard InChI is InChI=1S/C25H30BrNO/c1-2-3-4-5-6-16-28-20-14-15-24-23(17-20)21-8-7-9-22(21)25(27-24)18-10-12-19(26)13-11-18/h7-8,10-15,17,21-22,25,27H,2-6,9,16H2,1H3. The highest BCUT2D eigenvalue weighted by Crippen LogP contribution is 2.50. The normalized spacial score (nSPS) is 22.4. The Bertz CT molecular complexity index is 814. The molecule has 3 unspecified atom stereocenters. The van der Waals surface area contributed by atoms with Crippen LogP contribution < -0.4 is 10.1 Å². The molecule has 2 aromatic rings. The molecule has 0 aromatic heterocycles. The summed E-state index contributed by atoms with van der Waals surface area (Å²) in [4.78, 5) is 0. The van der Waals surface area contributed by atoms with Crippen LogP contribution in [0.5, 0.6) is 5.75 Å². The molecule has 28 heavy (non-hydrogen) atoms. The fourth-order valence-electron chi connectivity index (χ4n) is 4.56. The quantitative estimate of drug-likeness (QED) is 0.337. The summed E-state index contributed by atoms with van der Waals surface area (Å²) in [7, 11) is 0. The van der Waals surface area contributed by atoms with Crippen LogP contribution in [0.4, 0.5) is 5.69 Å². The van der Waals surface area contributed by atoms with Crippen molar-refractivity contribution in [2.24, 2.45) is 5.92 Å². The highest BCUT2D eigenvalue weighted by molar-refractivity contribution is 9.10. The van der Waals surface area contributed by atoms with Crippen LogP contribution in [0.1, 0.15) is 68.5 Å². The number of hydrogen-bond acceptors (Lipinski definition) is 2. The summed E-state index contributed by atoms with van der Waals surface area (Å²) < 4.78 is 7.20. The van der Waals surface area contributed by atoms with Crippen LogP contribution in [0, 0.1) is 5.92 Å². The van der Waals surface area contributed by atoms with Crippen LogP contribution in [-0.2, 0) is 0 Å². The molecule has 0 amide bonds. The predicted molar refractivity (Wildman–Crippen MR) is 121 cm³/mol. The van der Waals surface area contributed by atoms with E-state index >= 15 is 0 Å². The highest BCUT2D eigenvalue weighted by Gasteiger charge is 2.37. The number of hydrogen-bond donors (Lipinski definition) is 1. The van der Waals surface area contributed by atoms with E-state index in [4.69, 9.17) is 4.74 Å². The Kier molecular flexibility index (Phi) is 6.41. The summed E-state index contributed by atoms with van der Waals surface area (Å²) in [6, 6.07) is 15.7. The molecule has 1 heterocycles. The van der Waals surface area contributed by atoms with Crippen molar-refractivity contribution in [3.63, 3.8) is 0 Å². The van der Waals surface area contributed by atoms with Crippen LogP contribution in [0.15, 0.2) is 59.1 Å². The second-order valence-electron chi connectivity index (χ2n) is 8.04. The first kappa shape index (κ1) is 19.6. The van der Waals surface area contributed by atoms with E-state index in [0.717, 1.165) is 29.7 Å². The summed E-state index contributed by atoms with van der Waals surface area (Å²) in [6.45, 7) is 3.07. The van der Waals surface area contributed by atoms with Gasteiger partial charge in [-0.05, 0) is 60.2 Å². The third-order valence-electron chi connectivity index (χ3n) is 6.08. The summed E-state index contributed by atoms with van der Waals surface area (Å²) in [5, 5.41) is 3.81. The number of nitrogens with one attached hydrogen (secondary N) is 1. The molecule has 148 valence electrons. The number of halogens is 1. The van der Waals surface area contributed by atoms with Crippen LogP contribution in [0.2, 0.25) is 0 Å². The molecule has 2 aliphatic rings. The molecule has 0 fully saturated rings. The molecular weight excluding hydrogens is 410 g/mol. The fourth-order valence-corrected chi connectivity index (χ4v) is 4.82. The van der Waals surface area contributed by atoms with E-state index < -0.39 is 0 Å². The third-order valence-corrected chi connectivity index (χ3v) is 6.61. The number of allylic oxidation sites excluding steroid dienone is 2. The topological polar surface area (TPSA) is 21.3 Å². The maximum atomic E-state index is 6.07. The predicted octanol–water partition coefficient (Wildman–Crippen LogP) is 7.62. The van der Waals surface area contributed by atoms with E-state index in [1.807, 2.05) is 0 Å². The minimum Gasteiger partial charge on any atom is -0.494 e. The molecule has 3 heteroatoms. The van der Waals surface area contributed by atoms with Crippen LogP contribution in [-0.4, -0.2) is 6.61 Å². The summed E-state index contributed by atoms with van der Waals surface area (Å²) in [6.07, 6.45) is 12.2. The van der Waals surface area contributed by atoms with E-state index in [1.54, 1.807) is 0 Å². The Morgan fingerprint density at radius 1 is 1.04 bits per heavy atom. The van der Waals surface area contributed by atoms with Crippen LogP contribution in [0.3, 0.4) is 0 Å². The zero-order chi connectivity index (χ0) is 19.3. The molecule has 2 aromatic carbocycles. The molecule has 4 rings (SSSR count). The van der Waals surface area contributed by atoms with Gasteiger partial charge < -0.3 is 10.1 Å². The van der Waals surface area contributed by atoms with Gasteiger partial charge in [0.05, 0.1) is 12.6 Å². The maximum Gasteiger partial charge on any atom is 0.119 e. The third kappa shape index (κ3) is 4.30. The molecule has 3 atom stereocenters. The average molecular weight is 440 g/mol. The van der Waals surface area contributed by atoms with Crippen molar-refractivity contribution in [3.05, 3.63) is 70.2 Å². The first-order valence-corrected chi connectivity index (χ1v) is 11.5. The molecule has 0 saturated carbocycles. The van der Waals surface area contributed by atoms with Gasteiger partial charge >= 0.3 is 0 Å². The Morgan fingerprint density at radius 2 is 1.86 bits per heavy atom. The lowest BCUT2D eigenvalue weighted by Crippen LogP contribution is -2.29. The van der Waals surface area contributed by atoms with Gasteiger partial charge in [-0.15, -0.1) is 0 Å². The van der Waals surface area contributed by atoms with Crippen molar-refractivity contribution < 1.29 is 4.74 Å². The first-order valence-electron chi connectivity index (χ1n) is 10.7. The number of anilines is 1. The molecule has 1 aliphatic carbocycles. The van der Waals surface area contributed by atoms with Crippen molar-refractivity contribution in [3.8, 4) is 5.75 Å². The molecule has 1 N–H and O–H groups in total. The van der Waals surface area contributed by atoms with E-state index in [2.05, 4.69) is 82.8 Å². The molecule has 0 radical (unpaired) electrons. The Balaban J connectivity index is 1.46. The first-order chi connectivity index (χ1) is 13.8. The minimum atomic E-state index is 0.353. The van der Waals surface area contributed by atoms with E-state index in [1.165, 1.54) is 42.5 Å². The van der Waals surface area contributed by atoms with Gasteiger partial charge in [0.15, 0.2) is 0 Å². The molecule has 2 nitrogen and oxygen atoms in total. The lowest BCUT2D eigenvalue weighted by atomic mass is 9.77. The van der Waals surface area contributed by atoms with Crippen molar-refractivity contribution in [2.75, 3.05) is 11.9 Å². The minimum absolute atomic E-state index is 0.353. The molecular formula is C25H30BrNO. The summed E-state index contributed by atoms with van der Waals surface area (Å²) in [5.41, 5.74) is 3.99. The molecule has 0 saturated heterocycles. The smallest absolute Gasteiger partial charge is 0.119 e. The lowest BCUT2D eigenvalue weighted by molar-refractivity contribution is 0.303. The Morgan fingerprint density at radius 3 is 2.68 bits per heavy atom. The number of rotatable bonds is 8. The maximum absolute atomic E-state index is 6.07. The van der Waals surface area contributed by atoms with Gasteiger partial charge in [0.2, 0.25) is 0 Å². The van der Waals surface area contributed by atoms with Gasteiger partial charge in [-0.3, -0.25) is 0 Å². The van der Waals surface area contributed by atoms with Gasteiger partial charge in [0.25, 0.3) is 0 Å². The monoisotopic (exact) mass is 439 g/mol. The molecule has 0 bridgehead atoms. The van der Waals surface area contributed by atoms with Crippen LogP contribution in [0.25, 0.3) is 0 Å². The van der Waals surface area contributed by atoms with Gasteiger partial charge in [-0.2, -0.15) is 0 Å². The SMILES string of the molecule is CCCCCCCOc1ccc2c(c1)C1C=CCC1C(c1ccc(Br)cc1)N2. The molecule has 0 spiro atoms. The fraction of sp³-hybridized carbons (Fsp3) is 0.440. The second kappa shape index (κ2) is 9.17. The Labute approximate surface area is 177 Å². The second-order valence-corrected chi connectivity index (χ2v) is 8.95. The highest BCUT2D eigenvalue weighted by atomic mass is 79.9. The van der Waals surface area contributed by atoms with Gasteiger partial charge in [-0.25, -0.2) is 0 Å². The summed E-state index contributed by atoms with van der Waals surface area (Å²) in [5.74, 6) is 2.05.